The molecule has 2 atom stereocenters. The van der Waals surface area contributed by atoms with E-state index in [-0.39, 0.29) is 23.6 Å². The maximum Gasteiger partial charge on any atom is 0.308 e. The van der Waals surface area contributed by atoms with E-state index in [0.717, 1.165) is 0 Å². The Balaban J connectivity index is 1.44. The van der Waals surface area contributed by atoms with E-state index in [1.54, 1.807) is 30.3 Å². The number of piperidine rings is 1. The van der Waals surface area contributed by atoms with Gasteiger partial charge in [-0.2, -0.15) is 9.67 Å². The van der Waals surface area contributed by atoms with Crippen molar-refractivity contribution in [3.63, 3.8) is 0 Å². The van der Waals surface area contributed by atoms with Crippen molar-refractivity contribution >= 4 is 23.6 Å². The Morgan fingerprint density at radius 1 is 1.25 bits per heavy atom. The number of furan rings is 1. The lowest BCUT2D eigenvalue weighted by atomic mass is 9.92. The number of aromatic nitrogens is 3. The van der Waals surface area contributed by atoms with Crippen molar-refractivity contribution in [2.45, 2.75) is 29.3 Å². The molecule has 0 aliphatic carbocycles. The van der Waals surface area contributed by atoms with E-state index in [9.17, 15) is 14.0 Å². The van der Waals surface area contributed by atoms with Crippen molar-refractivity contribution in [2.75, 3.05) is 20.2 Å². The molecule has 32 heavy (non-hydrogen) atoms. The van der Waals surface area contributed by atoms with Crippen molar-refractivity contribution in [3.8, 4) is 11.6 Å². The van der Waals surface area contributed by atoms with Crippen LogP contribution in [0.15, 0.2) is 52.2 Å². The number of carbonyl (C=O) groups excluding carboxylic acids is 2. The van der Waals surface area contributed by atoms with E-state index >= 15 is 0 Å². The minimum Gasteiger partial charge on any atom is -0.469 e. The first kappa shape index (κ1) is 20.9. The van der Waals surface area contributed by atoms with Crippen molar-refractivity contribution in [1.29, 1.82) is 0 Å². The molecule has 0 spiro atoms. The summed E-state index contributed by atoms with van der Waals surface area (Å²) in [4.78, 5) is 31.8. The number of rotatable bonds is 5. The van der Waals surface area contributed by atoms with Crippen LogP contribution in [0.4, 0.5) is 4.39 Å². The third-order valence-corrected chi connectivity index (χ3v) is 7.16. The first-order valence-electron chi connectivity index (χ1n) is 10.3. The third-order valence-electron chi connectivity index (χ3n) is 5.97. The Kier molecular flexibility index (Phi) is 5.56. The van der Waals surface area contributed by atoms with Crippen molar-refractivity contribution in [2.24, 2.45) is 5.92 Å². The highest BCUT2D eigenvalue weighted by Gasteiger charge is 2.45. The second kappa shape index (κ2) is 8.51. The van der Waals surface area contributed by atoms with Gasteiger partial charge in [-0.3, -0.25) is 14.5 Å². The molecule has 0 amide bonds. The van der Waals surface area contributed by atoms with Crippen LogP contribution < -0.4 is 0 Å². The maximum atomic E-state index is 14.9. The van der Waals surface area contributed by atoms with Gasteiger partial charge in [0.05, 0.1) is 25.3 Å². The lowest BCUT2D eigenvalue weighted by Crippen LogP contribution is -2.44. The van der Waals surface area contributed by atoms with Crippen LogP contribution in [0, 0.1) is 11.7 Å². The lowest BCUT2D eigenvalue weighted by molar-refractivity contribution is -0.147. The molecule has 2 aromatic heterocycles. The summed E-state index contributed by atoms with van der Waals surface area (Å²) in [5, 5.41) is 4.17. The fourth-order valence-corrected chi connectivity index (χ4v) is 5.60. The second-order valence-electron chi connectivity index (χ2n) is 7.78. The molecule has 8 nitrogen and oxygen atoms in total. The number of nitrogens with zero attached hydrogens (tertiary/aromatic N) is 4. The summed E-state index contributed by atoms with van der Waals surface area (Å²) in [5.74, 6) is -0.211. The van der Waals surface area contributed by atoms with Crippen molar-refractivity contribution < 1.29 is 23.1 Å². The number of hydrogen-bond acceptors (Lipinski definition) is 8. The number of carbonyl (C=O) groups is 2. The molecule has 0 N–H and O–H groups in total. The van der Waals surface area contributed by atoms with Crippen LogP contribution in [-0.2, 0) is 9.53 Å². The average Bonchev–Trinajstić information content (AvgIpc) is 3.54. The van der Waals surface area contributed by atoms with Crippen LogP contribution in [0.2, 0.25) is 0 Å². The topological polar surface area (TPSA) is 90.5 Å². The minimum atomic E-state index is -0.609. The number of fused-ring (bicyclic) bond motifs is 1. The molecule has 2 aliphatic heterocycles. The van der Waals surface area contributed by atoms with Gasteiger partial charge in [0.25, 0.3) is 5.91 Å². The van der Waals surface area contributed by atoms with Crippen molar-refractivity contribution in [1.82, 2.24) is 19.7 Å². The number of likely N-dealkylation sites (tertiary alicyclic amines) is 1. The zero-order valence-corrected chi connectivity index (χ0v) is 18.1. The van der Waals surface area contributed by atoms with Gasteiger partial charge in [-0.05, 0) is 44.1 Å². The molecule has 3 aromatic rings. The molecular weight excluding hydrogens is 435 g/mol. The maximum absolute atomic E-state index is 14.9. The van der Waals surface area contributed by atoms with Crippen LogP contribution >= 0.6 is 11.8 Å². The molecule has 2 unspecified atom stereocenters. The van der Waals surface area contributed by atoms with Crippen LogP contribution in [0.5, 0.6) is 0 Å². The molecule has 1 fully saturated rings. The van der Waals surface area contributed by atoms with E-state index < -0.39 is 11.3 Å². The summed E-state index contributed by atoms with van der Waals surface area (Å²) in [6.07, 6.45) is 2.70. The Labute approximate surface area is 187 Å². The summed E-state index contributed by atoms with van der Waals surface area (Å²) in [7, 11) is 1.39. The fourth-order valence-electron chi connectivity index (χ4n) is 4.36. The molecular formula is C22H21FN4O4S. The van der Waals surface area contributed by atoms with E-state index in [1.807, 2.05) is 0 Å². The van der Waals surface area contributed by atoms with Gasteiger partial charge >= 0.3 is 5.97 Å². The summed E-state index contributed by atoms with van der Waals surface area (Å²) in [5.41, 5.74) is 0.451. The Morgan fingerprint density at radius 3 is 2.69 bits per heavy atom. The number of esters is 1. The zero-order valence-electron chi connectivity index (χ0n) is 17.3. The van der Waals surface area contributed by atoms with Gasteiger partial charge in [0.2, 0.25) is 5.82 Å². The molecule has 166 valence electrons. The van der Waals surface area contributed by atoms with Gasteiger partial charge in [-0.1, -0.05) is 30.0 Å². The fraction of sp³-hybridized carbons (Fsp3) is 0.364. The number of ether oxygens (including phenoxy) is 1. The summed E-state index contributed by atoms with van der Waals surface area (Å²) in [6, 6.07) is 9.45. The number of methoxy groups -OCH3 is 1. The number of hydrogen-bond donors (Lipinski definition) is 0. The summed E-state index contributed by atoms with van der Waals surface area (Å²) in [6.45, 7) is 1.10. The zero-order chi connectivity index (χ0) is 22.2. The average molecular weight is 456 g/mol. The Bertz CT molecular complexity index is 1140. The van der Waals surface area contributed by atoms with Crippen LogP contribution in [0.3, 0.4) is 0 Å². The molecule has 4 heterocycles. The van der Waals surface area contributed by atoms with Crippen molar-refractivity contribution in [3.05, 3.63) is 54.0 Å². The first-order valence-corrected chi connectivity index (χ1v) is 11.2. The number of benzene rings is 1. The lowest BCUT2D eigenvalue weighted by Gasteiger charge is -2.38. The molecule has 2 aliphatic rings. The molecule has 0 radical (unpaired) electrons. The molecule has 5 rings (SSSR count). The van der Waals surface area contributed by atoms with Crippen LogP contribution in [0.1, 0.15) is 29.2 Å². The highest BCUT2D eigenvalue weighted by Crippen LogP contribution is 2.43. The quantitative estimate of drug-likeness (QED) is 0.540. The summed E-state index contributed by atoms with van der Waals surface area (Å²) < 4.78 is 26.4. The van der Waals surface area contributed by atoms with Gasteiger partial charge < -0.3 is 9.15 Å². The number of thioether (sulfide) groups is 1. The highest BCUT2D eigenvalue weighted by molar-refractivity contribution is 8.00. The summed E-state index contributed by atoms with van der Waals surface area (Å²) >= 11 is 1.28. The number of halogens is 1. The smallest absolute Gasteiger partial charge is 0.308 e. The molecule has 0 bridgehead atoms. The predicted molar refractivity (Wildman–Crippen MR) is 113 cm³/mol. The van der Waals surface area contributed by atoms with Gasteiger partial charge in [0.15, 0.2) is 10.9 Å². The van der Waals surface area contributed by atoms with Gasteiger partial charge in [-0.25, -0.2) is 4.39 Å². The van der Waals surface area contributed by atoms with E-state index in [2.05, 4.69) is 15.0 Å². The van der Waals surface area contributed by atoms with Gasteiger partial charge in [0.1, 0.15) is 11.1 Å². The third kappa shape index (κ3) is 3.63. The molecule has 1 aromatic carbocycles. The Morgan fingerprint density at radius 2 is 2.03 bits per heavy atom. The van der Waals surface area contributed by atoms with E-state index in [1.165, 1.54) is 35.9 Å². The standard InChI is InChI=1S/C22H21FN4O4S/c1-30-21(29)13-8-10-26(11-9-13)17(14-5-2-3-6-15(14)23)18-20(28)27-22(32-18)24-19(25-27)16-7-4-12-31-16/h2-7,12-13,17-18H,8-11H2,1H3. The van der Waals surface area contributed by atoms with Crippen LogP contribution in [0.25, 0.3) is 11.6 Å². The minimum absolute atomic E-state index is 0.183. The van der Waals surface area contributed by atoms with Crippen LogP contribution in [-0.4, -0.2) is 57.0 Å². The Hall–Kier alpha value is -2.98. The normalized spacial score (nSPS) is 20.3. The van der Waals surface area contributed by atoms with Gasteiger partial charge in [-0.15, -0.1) is 5.10 Å². The SMILES string of the molecule is COC(=O)C1CCN(C(c2ccccc2F)C2Sc3nc(-c4ccco4)nn3C2=O)CC1. The largest absolute Gasteiger partial charge is 0.469 e. The molecule has 1 saturated heterocycles. The first-order chi connectivity index (χ1) is 15.6. The predicted octanol–water partition coefficient (Wildman–Crippen LogP) is 3.42. The molecule has 10 heteroatoms. The second-order valence-corrected chi connectivity index (χ2v) is 8.89. The van der Waals surface area contributed by atoms with E-state index in [0.29, 0.717) is 48.2 Å². The van der Waals surface area contributed by atoms with Gasteiger partial charge in [0, 0.05) is 5.56 Å². The highest BCUT2D eigenvalue weighted by atomic mass is 32.2. The monoisotopic (exact) mass is 456 g/mol. The molecule has 0 saturated carbocycles. The van der Waals surface area contributed by atoms with E-state index in [4.69, 9.17) is 9.15 Å².